The molecular weight excluding hydrogens is 524 g/mol. The van der Waals surface area contributed by atoms with Crippen molar-refractivity contribution in [1.29, 1.82) is 0 Å². The molecule has 2 aromatic carbocycles. The molecule has 1 fully saturated rings. The Morgan fingerprint density at radius 1 is 1.12 bits per heavy atom. The number of hydrogen-bond acceptors (Lipinski definition) is 9. The van der Waals surface area contributed by atoms with Gasteiger partial charge in [-0.2, -0.15) is 0 Å². The van der Waals surface area contributed by atoms with E-state index in [4.69, 9.17) is 36.1 Å². The Hall–Kier alpha value is -3.09. The van der Waals surface area contributed by atoms with Crippen LogP contribution in [-0.4, -0.2) is 113 Å². The van der Waals surface area contributed by atoms with Gasteiger partial charge in [0, 0.05) is 48.9 Å². The maximum absolute atomic E-state index is 13.5. The van der Waals surface area contributed by atoms with Crippen LogP contribution in [0.3, 0.4) is 0 Å². The molecule has 0 aliphatic carbocycles. The normalized spacial score (nSPS) is 21.2. The Bertz CT molecular complexity index is 1340. The lowest BCUT2D eigenvalue weighted by molar-refractivity contribution is -0.144. The maximum atomic E-state index is 13.5. The number of nitrogens with one attached hydrogen (secondary N) is 2. The highest BCUT2D eigenvalue weighted by atomic mass is 16.5. The van der Waals surface area contributed by atoms with Gasteiger partial charge >= 0.3 is 0 Å². The Morgan fingerprint density at radius 2 is 1.76 bits per heavy atom. The van der Waals surface area contributed by atoms with E-state index < -0.39 is 34.1 Å². The van der Waals surface area contributed by atoms with E-state index in [9.17, 15) is 29.7 Å². The van der Waals surface area contributed by atoms with Gasteiger partial charge in [0.2, 0.25) is 5.91 Å². The first-order valence-electron chi connectivity index (χ1n) is 12.9. The fourth-order valence-corrected chi connectivity index (χ4v) is 5.29. The van der Waals surface area contributed by atoms with E-state index in [1.807, 2.05) is 0 Å². The molecule has 1 saturated heterocycles. The van der Waals surface area contributed by atoms with Crippen LogP contribution in [0.15, 0.2) is 42.5 Å². The molecule has 4 rings (SSSR count). The number of aliphatic hydroxyl groups is 3. The fourth-order valence-electron chi connectivity index (χ4n) is 5.29. The number of hydrogen-bond donors (Lipinski definition) is 5. The predicted molar refractivity (Wildman–Crippen MR) is 152 cm³/mol. The van der Waals surface area contributed by atoms with Gasteiger partial charge in [0.05, 0.1) is 34.3 Å². The van der Waals surface area contributed by atoms with E-state index in [0.29, 0.717) is 43.1 Å². The van der Waals surface area contributed by atoms with Gasteiger partial charge in [0.1, 0.15) is 19.8 Å². The zero-order valence-electron chi connectivity index (χ0n) is 22.5. The number of anilines is 1. The lowest BCUT2D eigenvalue weighted by Crippen LogP contribution is -2.65. The zero-order valence-corrected chi connectivity index (χ0v) is 22.5. The quantitative estimate of drug-likeness (QED) is 0.128. The number of likely N-dealkylation sites (N-methyl/N-ethyl adjacent to an activating group) is 1. The molecule has 2 heterocycles. The van der Waals surface area contributed by atoms with Gasteiger partial charge in [0.15, 0.2) is 7.85 Å². The number of benzene rings is 2. The van der Waals surface area contributed by atoms with Gasteiger partial charge in [-0.1, -0.05) is 24.3 Å². The number of morpholine rings is 1. The third-order valence-corrected chi connectivity index (χ3v) is 7.44. The zero-order chi connectivity index (χ0) is 30.2. The van der Waals surface area contributed by atoms with Crippen LogP contribution in [0, 0.1) is 0 Å². The number of carbonyl (C=O) groups excluding carboxylic acids is 3. The van der Waals surface area contributed by atoms with Gasteiger partial charge < -0.3 is 45.3 Å². The molecule has 8 radical (unpaired) electrons. The van der Waals surface area contributed by atoms with Gasteiger partial charge in [-0.15, -0.1) is 0 Å². The molecule has 11 nitrogen and oxygen atoms in total. The molecule has 2 unspecified atom stereocenters. The van der Waals surface area contributed by atoms with Crippen molar-refractivity contribution in [2.24, 2.45) is 0 Å². The second kappa shape index (κ2) is 11.3. The van der Waals surface area contributed by atoms with Crippen LogP contribution in [0.5, 0.6) is 0 Å². The summed E-state index contributed by atoms with van der Waals surface area (Å²) in [7, 11) is 26.7. The van der Waals surface area contributed by atoms with E-state index in [1.165, 1.54) is 37.4 Å². The number of carbonyl (C=O) groups is 3. The first-order valence-corrected chi connectivity index (χ1v) is 12.9. The molecule has 0 spiro atoms. The summed E-state index contributed by atoms with van der Waals surface area (Å²) in [5.74, 6) is -4.56. The molecule has 2 aliphatic rings. The standard InChI is InChI=1S/C26H28B4N4O7/c1-31-22(37)23(27,9-4-12-35)34-21(36)18-7-3-8-19(20(18)25(34,30)38)32-26(39,40)17-6-2-5-16(15-17)24(28,29)33-10-13-41-14-11-33/h2-3,5-8,12,15,32,38-40H,4,9-11,13-14H2,1H3,(H,31,37). The highest BCUT2D eigenvalue weighted by Gasteiger charge is 2.55. The lowest BCUT2D eigenvalue weighted by Gasteiger charge is -2.45. The smallest absolute Gasteiger partial charge is 0.272 e. The summed E-state index contributed by atoms with van der Waals surface area (Å²) in [6.45, 7) is 1.83. The van der Waals surface area contributed by atoms with Gasteiger partial charge in [0.25, 0.3) is 11.8 Å². The number of rotatable bonds is 10. The average Bonchev–Trinajstić information content (AvgIpc) is 3.17. The van der Waals surface area contributed by atoms with Crippen LogP contribution < -0.4 is 10.6 Å². The molecule has 5 N–H and O–H groups in total. The minimum absolute atomic E-state index is 0.0626. The molecule has 41 heavy (non-hydrogen) atoms. The van der Waals surface area contributed by atoms with E-state index in [1.54, 1.807) is 17.0 Å². The Labute approximate surface area is 243 Å². The molecule has 2 aromatic rings. The highest BCUT2D eigenvalue weighted by molar-refractivity contribution is 6.39. The van der Waals surface area contributed by atoms with Crippen molar-refractivity contribution in [1.82, 2.24) is 15.1 Å². The average molecular weight is 552 g/mol. The van der Waals surface area contributed by atoms with Crippen molar-refractivity contribution in [3.63, 3.8) is 0 Å². The van der Waals surface area contributed by atoms with E-state index in [2.05, 4.69) is 10.6 Å². The second-order valence-electron chi connectivity index (χ2n) is 10.1. The summed E-state index contributed by atoms with van der Waals surface area (Å²) in [5.41, 5.74) is -5.15. The maximum Gasteiger partial charge on any atom is 0.272 e. The third-order valence-electron chi connectivity index (χ3n) is 7.44. The van der Waals surface area contributed by atoms with Crippen LogP contribution in [0.2, 0.25) is 0 Å². The highest BCUT2D eigenvalue weighted by Crippen LogP contribution is 2.45. The molecular formula is C26H28B4N4O7. The van der Waals surface area contributed by atoms with E-state index >= 15 is 0 Å². The lowest BCUT2D eigenvalue weighted by atomic mass is 9.56. The van der Waals surface area contributed by atoms with E-state index in [0.717, 1.165) is 0 Å². The Morgan fingerprint density at radius 3 is 2.39 bits per heavy atom. The first-order chi connectivity index (χ1) is 19.2. The Kier molecular flexibility index (Phi) is 8.50. The minimum Gasteiger partial charge on any atom is -0.379 e. The third kappa shape index (κ3) is 5.44. The van der Waals surface area contributed by atoms with Crippen LogP contribution in [0.1, 0.15) is 39.9 Å². The van der Waals surface area contributed by atoms with Crippen molar-refractivity contribution in [2.45, 2.75) is 35.2 Å². The van der Waals surface area contributed by atoms with Crippen molar-refractivity contribution in [3.05, 3.63) is 64.7 Å². The minimum atomic E-state index is -2.78. The monoisotopic (exact) mass is 552 g/mol. The van der Waals surface area contributed by atoms with Crippen molar-refractivity contribution < 1.29 is 34.4 Å². The largest absolute Gasteiger partial charge is 0.379 e. The predicted octanol–water partition coefficient (Wildman–Crippen LogP) is -2.01. The number of ether oxygens (including phenoxy) is 1. The van der Waals surface area contributed by atoms with Gasteiger partial charge in [-0.05, 0) is 35.5 Å². The molecule has 2 aliphatic heterocycles. The van der Waals surface area contributed by atoms with Crippen LogP contribution in [-0.2, 0) is 31.2 Å². The molecule has 2 atom stereocenters. The number of nitrogens with zero attached hydrogens (tertiary/aromatic N) is 2. The summed E-state index contributed by atoms with van der Waals surface area (Å²) in [4.78, 5) is 39.7. The van der Waals surface area contributed by atoms with E-state index in [-0.39, 0.29) is 35.2 Å². The van der Waals surface area contributed by atoms with Crippen LogP contribution in [0.4, 0.5) is 5.69 Å². The molecule has 0 saturated carbocycles. The number of amides is 2. The van der Waals surface area contributed by atoms with Crippen LogP contribution in [0.25, 0.3) is 0 Å². The summed E-state index contributed by atoms with van der Waals surface area (Å²) in [5, 5.41) is 37.2. The second-order valence-corrected chi connectivity index (χ2v) is 10.1. The number of fused-ring (bicyclic) bond motifs is 1. The summed E-state index contributed by atoms with van der Waals surface area (Å²) < 4.78 is 5.36. The van der Waals surface area contributed by atoms with Crippen LogP contribution >= 0.6 is 0 Å². The van der Waals surface area contributed by atoms with Gasteiger partial charge in [-0.25, -0.2) is 0 Å². The summed E-state index contributed by atoms with van der Waals surface area (Å²) in [6.07, 6.45) is -0.0542. The van der Waals surface area contributed by atoms with Crippen molar-refractivity contribution in [2.75, 3.05) is 38.7 Å². The topological polar surface area (TPSA) is 152 Å². The fraction of sp³-hybridized carbons (Fsp3) is 0.423. The van der Waals surface area contributed by atoms with Crippen molar-refractivity contribution >= 4 is 55.2 Å². The van der Waals surface area contributed by atoms with Crippen molar-refractivity contribution in [3.8, 4) is 0 Å². The molecule has 206 valence electrons. The Balaban J connectivity index is 1.71. The number of aldehydes is 1. The molecule has 0 aromatic heterocycles. The molecule has 2 amide bonds. The summed E-state index contributed by atoms with van der Waals surface area (Å²) in [6, 6.07) is 10.1. The molecule has 0 bridgehead atoms. The SMILES string of the molecule is [B]C(CCC=O)(C(=O)NC)N1C(=O)c2cccc(NC(O)(O)c3cccc(C([B])([B])N4CCOCC4)c3)c2C1([B])O. The first kappa shape index (κ1) is 30.9. The summed E-state index contributed by atoms with van der Waals surface area (Å²) >= 11 is 0. The van der Waals surface area contributed by atoms with Gasteiger partial charge in [-0.3, -0.25) is 9.59 Å². The molecule has 15 heteroatoms.